The van der Waals surface area contributed by atoms with Crippen LogP contribution in [0.25, 0.3) is 5.78 Å². The van der Waals surface area contributed by atoms with Crippen molar-refractivity contribution in [3.8, 4) is 0 Å². The van der Waals surface area contributed by atoms with E-state index in [1.165, 1.54) is 18.5 Å². The molecule has 4 heterocycles. The topological polar surface area (TPSA) is 67.5 Å². The summed E-state index contributed by atoms with van der Waals surface area (Å²) in [5.74, 6) is 0.719. The molecule has 148 valence electrons. The van der Waals surface area contributed by atoms with Crippen LogP contribution in [0.1, 0.15) is 58.6 Å². The Morgan fingerprint density at radius 2 is 2.11 bits per heavy atom. The first-order valence-corrected chi connectivity index (χ1v) is 9.92. The van der Waals surface area contributed by atoms with Crippen LogP contribution in [-0.2, 0) is 13.6 Å². The summed E-state index contributed by atoms with van der Waals surface area (Å²) >= 11 is 0. The fraction of sp³-hybridized carbons (Fsp3) is 0.476. The zero-order valence-corrected chi connectivity index (χ0v) is 17.1. The van der Waals surface area contributed by atoms with Crippen molar-refractivity contribution in [2.24, 2.45) is 7.05 Å². The Morgan fingerprint density at radius 3 is 2.89 bits per heavy atom. The number of rotatable bonds is 4. The summed E-state index contributed by atoms with van der Waals surface area (Å²) in [7, 11) is 3.66. The molecule has 1 aliphatic heterocycles. The lowest BCUT2D eigenvalue weighted by atomic mass is 9.99. The Morgan fingerprint density at radius 1 is 1.29 bits per heavy atom. The summed E-state index contributed by atoms with van der Waals surface area (Å²) in [6.45, 7) is 5.96. The van der Waals surface area contributed by atoms with Gasteiger partial charge in [-0.05, 0) is 51.4 Å². The molecule has 3 aromatic heterocycles. The van der Waals surface area contributed by atoms with Crippen molar-refractivity contribution >= 4 is 11.7 Å². The quantitative estimate of drug-likeness (QED) is 0.756. The standard InChI is InChI=1S/C21H28N6O/c1-14-11-15(2)27-16(12-23-21(27)24-14)13-26-10-6-5-7-18(26)17-8-9-19(25(17)4)20(28)22-3/h8-9,11-12,18H,5-7,10,13H2,1-4H3,(H,22,28). The van der Waals surface area contributed by atoms with E-state index in [2.05, 4.69) is 43.6 Å². The number of carbonyl (C=O) groups excluding carboxylic acids is 1. The number of aromatic nitrogens is 4. The predicted octanol–water partition coefficient (Wildman–Crippen LogP) is 2.77. The fourth-order valence-electron chi connectivity index (χ4n) is 4.45. The summed E-state index contributed by atoms with van der Waals surface area (Å²) in [4.78, 5) is 23.7. The molecule has 0 aliphatic carbocycles. The lowest BCUT2D eigenvalue weighted by Gasteiger charge is -2.36. The molecular weight excluding hydrogens is 352 g/mol. The van der Waals surface area contributed by atoms with Gasteiger partial charge in [0.2, 0.25) is 5.78 Å². The Kier molecular flexibility index (Phi) is 4.93. The van der Waals surface area contributed by atoms with Gasteiger partial charge in [0.1, 0.15) is 5.69 Å². The number of likely N-dealkylation sites (tertiary alicyclic amines) is 1. The summed E-state index contributed by atoms with van der Waals surface area (Å²) in [6, 6.07) is 6.41. The first-order valence-electron chi connectivity index (χ1n) is 9.92. The van der Waals surface area contributed by atoms with E-state index < -0.39 is 0 Å². The van der Waals surface area contributed by atoms with Gasteiger partial charge in [-0.2, -0.15) is 0 Å². The van der Waals surface area contributed by atoms with Crippen LogP contribution in [0.3, 0.4) is 0 Å². The number of imidazole rings is 1. The van der Waals surface area contributed by atoms with Gasteiger partial charge in [-0.15, -0.1) is 0 Å². The smallest absolute Gasteiger partial charge is 0.267 e. The summed E-state index contributed by atoms with van der Waals surface area (Å²) < 4.78 is 4.19. The van der Waals surface area contributed by atoms with E-state index in [9.17, 15) is 4.79 Å². The summed E-state index contributed by atoms with van der Waals surface area (Å²) in [5, 5.41) is 2.72. The van der Waals surface area contributed by atoms with Crippen LogP contribution in [0.4, 0.5) is 0 Å². The van der Waals surface area contributed by atoms with Gasteiger partial charge in [-0.25, -0.2) is 9.97 Å². The average molecular weight is 380 g/mol. The molecule has 1 aliphatic rings. The molecule has 0 aromatic carbocycles. The van der Waals surface area contributed by atoms with E-state index >= 15 is 0 Å². The molecule has 7 nitrogen and oxygen atoms in total. The van der Waals surface area contributed by atoms with Crippen molar-refractivity contribution in [1.29, 1.82) is 0 Å². The predicted molar refractivity (Wildman–Crippen MR) is 108 cm³/mol. The van der Waals surface area contributed by atoms with Crippen molar-refractivity contribution in [3.63, 3.8) is 0 Å². The van der Waals surface area contributed by atoms with E-state index in [0.717, 1.165) is 42.4 Å². The number of amides is 1. The highest BCUT2D eigenvalue weighted by molar-refractivity contribution is 5.92. The van der Waals surface area contributed by atoms with E-state index in [1.807, 2.05) is 30.8 Å². The van der Waals surface area contributed by atoms with Gasteiger partial charge in [0.15, 0.2) is 0 Å². The summed E-state index contributed by atoms with van der Waals surface area (Å²) in [5.41, 5.74) is 5.20. The van der Waals surface area contributed by atoms with Crippen LogP contribution in [0.15, 0.2) is 24.4 Å². The number of piperidine rings is 1. The molecule has 3 aromatic rings. The third-order valence-electron chi connectivity index (χ3n) is 5.80. The molecule has 4 rings (SSSR count). The lowest BCUT2D eigenvalue weighted by Crippen LogP contribution is -2.34. The molecule has 1 amide bonds. The maximum absolute atomic E-state index is 12.1. The van der Waals surface area contributed by atoms with Gasteiger partial charge in [0, 0.05) is 37.7 Å². The van der Waals surface area contributed by atoms with Crippen LogP contribution >= 0.6 is 0 Å². The van der Waals surface area contributed by atoms with Crippen molar-refractivity contribution in [2.45, 2.75) is 45.7 Å². The molecule has 0 radical (unpaired) electrons. The Hall–Kier alpha value is -2.67. The number of carbonyl (C=O) groups is 1. The van der Waals surface area contributed by atoms with Crippen molar-refractivity contribution in [2.75, 3.05) is 13.6 Å². The van der Waals surface area contributed by atoms with Crippen LogP contribution in [0.5, 0.6) is 0 Å². The fourth-order valence-corrected chi connectivity index (χ4v) is 4.45. The third-order valence-corrected chi connectivity index (χ3v) is 5.80. The van der Waals surface area contributed by atoms with Crippen molar-refractivity contribution in [1.82, 2.24) is 29.2 Å². The van der Waals surface area contributed by atoms with E-state index in [-0.39, 0.29) is 5.91 Å². The van der Waals surface area contributed by atoms with Gasteiger partial charge in [-0.1, -0.05) is 6.42 Å². The number of nitrogens with zero attached hydrogens (tertiary/aromatic N) is 5. The molecule has 1 atom stereocenters. The largest absolute Gasteiger partial charge is 0.354 e. The Labute approximate surface area is 165 Å². The van der Waals surface area contributed by atoms with Gasteiger partial charge in [-0.3, -0.25) is 14.1 Å². The number of aryl methyl sites for hydroxylation is 2. The maximum atomic E-state index is 12.1. The van der Waals surface area contributed by atoms with Gasteiger partial charge in [0.05, 0.1) is 17.9 Å². The second-order valence-corrected chi connectivity index (χ2v) is 7.69. The zero-order chi connectivity index (χ0) is 19.8. The second-order valence-electron chi connectivity index (χ2n) is 7.69. The molecule has 28 heavy (non-hydrogen) atoms. The summed E-state index contributed by atoms with van der Waals surface area (Å²) in [6.07, 6.45) is 5.43. The number of hydrogen-bond donors (Lipinski definition) is 1. The number of hydrogen-bond acceptors (Lipinski definition) is 4. The molecule has 1 unspecified atom stereocenters. The van der Waals surface area contributed by atoms with Crippen LogP contribution in [0.2, 0.25) is 0 Å². The van der Waals surface area contributed by atoms with E-state index in [4.69, 9.17) is 0 Å². The first kappa shape index (κ1) is 18.7. The number of nitrogens with one attached hydrogen (secondary N) is 1. The van der Waals surface area contributed by atoms with E-state index in [0.29, 0.717) is 11.7 Å². The van der Waals surface area contributed by atoms with E-state index in [1.54, 1.807) is 7.05 Å². The normalized spacial score (nSPS) is 17.9. The highest BCUT2D eigenvalue weighted by Crippen LogP contribution is 2.33. The SMILES string of the molecule is CNC(=O)c1ccc(C2CCCCN2Cc2cnc3nc(C)cc(C)n23)n1C. The van der Waals surface area contributed by atoms with Crippen LogP contribution in [-0.4, -0.2) is 43.3 Å². The highest BCUT2D eigenvalue weighted by atomic mass is 16.1. The lowest BCUT2D eigenvalue weighted by molar-refractivity contribution is 0.0952. The molecular formula is C21H28N6O. The molecule has 1 saturated heterocycles. The molecule has 0 bridgehead atoms. The molecule has 1 fully saturated rings. The molecule has 0 spiro atoms. The molecule has 7 heteroatoms. The minimum Gasteiger partial charge on any atom is -0.354 e. The highest BCUT2D eigenvalue weighted by Gasteiger charge is 2.28. The molecule has 1 N–H and O–H groups in total. The van der Waals surface area contributed by atoms with Crippen molar-refractivity contribution < 1.29 is 4.79 Å². The van der Waals surface area contributed by atoms with Crippen LogP contribution in [0, 0.1) is 13.8 Å². The van der Waals surface area contributed by atoms with Gasteiger partial charge in [0.25, 0.3) is 5.91 Å². The number of fused-ring (bicyclic) bond motifs is 1. The first-order chi connectivity index (χ1) is 13.5. The average Bonchev–Trinajstić information content (AvgIpc) is 3.25. The monoisotopic (exact) mass is 380 g/mol. The minimum atomic E-state index is -0.0463. The Balaban J connectivity index is 1.66. The minimum absolute atomic E-state index is 0.0463. The second kappa shape index (κ2) is 7.39. The van der Waals surface area contributed by atoms with Crippen LogP contribution < -0.4 is 5.32 Å². The van der Waals surface area contributed by atoms with Gasteiger partial charge >= 0.3 is 0 Å². The van der Waals surface area contributed by atoms with Crippen molar-refractivity contribution in [3.05, 3.63) is 52.9 Å². The molecule has 0 saturated carbocycles. The Bertz CT molecular complexity index is 1020. The van der Waals surface area contributed by atoms with Gasteiger partial charge < -0.3 is 9.88 Å². The maximum Gasteiger partial charge on any atom is 0.267 e. The zero-order valence-electron chi connectivity index (χ0n) is 17.1. The third kappa shape index (κ3) is 3.20.